The van der Waals surface area contributed by atoms with Gasteiger partial charge in [0.1, 0.15) is 5.75 Å². The van der Waals surface area contributed by atoms with Crippen molar-refractivity contribution in [1.29, 1.82) is 0 Å². The third-order valence-corrected chi connectivity index (χ3v) is 5.61. The van der Waals surface area contributed by atoms with Gasteiger partial charge in [-0.3, -0.25) is 0 Å². The molecule has 1 aliphatic rings. The van der Waals surface area contributed by atoms with Crippen LogP contribution in [-0.4, -0.2) is 20.2 Å². The van der Waals surface area contributed by atoms with Crippen LogP contribution < -0.4 is 15.4 Å². The van der Waals surface area contributed by atoms with E-state index in [1.165, 1.54) is 30.5 Å². The zero-order chi connectivity index (χ0) is 18.4. The molecule has 3 nitrogen and oxygen atoms in total. The predicted molar refractivity (Wildman–Crippen MR) is 110 cm³/mol. The monoisotopic (exact) mass is 352 g/mol. The Labute approximate surface area is 158 Å². The van der Waals surface area contributed by atoms with E-state index in [4.69, 9.17) is 10.5 Å². The van der Waals surface area contributed by atoms with Crippen molar-refractivity contribution < 1.29 is 4.74 Å². The molecule has 1 atom stereocenters. The topological polar surface area (TPSA) is 38.5 Å². The maximum Gasteiger partial charge on any atom is 0.118 e. The number of para-hydroxylation sites is 1. The van der Waals surface area contributed by atoms with Gasteiger partial charge in [-0.1, -0.05) is 50.1 Å². The van der Waals surface area contributed by atoms with E-state index < -0.39 is 5.54 Å². The summed E-state index contributed by atoms with van der Waals surface area (Å²) in [6.07, 6.45) is 7.06. The number of benzene rings is 2. The Hall–Kier alpha value is -2.00. The highest BCUT2D eigenvalue weighted by Gasteiger charge is 2.32. The molecule has 1 aliphatic heterocycles. The maximum atomic E-state index is 7.16. The molecule has 3 heteroatoms. The normalized spacial score (nSPS) is 17.0. The van der Waals surface area contributed by atoms with Gasteiger partial charge in [-0.2, -0.15) is 0 Å². The molecule has 26 heavy (non-hydrogen) atoms. The van der Waals surface area contributed by atoms with Crippen molar-refractivity contribution in [2.24, 2.45) is 5.73 Å². The number of piperidine rings is 1. The third kappa shape index (κ3) is 3.88. The Bertz CT molecular complexity index is 692. The molecular weight excluding hydrogens is 320 g/mol. The number of rotatable bonds is 7. The summed E-state index contributed by atoms with van der Waals surface area (Å²) in [6.45, 7) is 4.48. The average Bonchev–Trinajstić information content (AvgIpc) is 2.72. The van der Waals surface area contributed by atoms with Gasteiger partial charge in [-0.25, -0.2) is 0 Å². The number of ether oxygens (including phenoxy) is 1. The first-order valence-electron chi connectivity index (χ1n) is 9.97. The molecule has 0 spiro atoms. The lowest BCUT2D eigenvalue weighted by Crippen LogP contribution is -2.41. The zero-order valence-corrected chi connectivity index (χ0v) is 16.2. The predicted octanol–water partition coefficient (Wildman–Crippen LogP) is 5.08. The third-order valence-electron chi connectivity index (χ3n) is 5.61. The Kier molecular flexibility index (Phi) is 6.20. The van der Waals surface area contributed by atoms with Crippen molar-refractivity contribution in [3.8, 4) is 5.75 Å². The Morgan fingerprint density at radius 1 is 1.00 bits per heavy atom. The first-order valence-corrected chi connectivity index (χ1v) is 9.97. The van der Waals surface area contributed by atoms with Crippen LogP contribution in [0.5, 0.6) is 5.75 Å². The number of hydrogen-bond acceptors (Lipinski definition) is 3. The summed E-state index contributed by atoms with van der Waals surface area (Å²) in [6, 6.07) is 17.0. The summed E-state index contributed by atoms with van der Waals surface area (Å²) < 4.78 is 5.34. The van der Waals surface area contributed by atoms with Crippen molar-refractivity contribution in [1.82, 2.24) is 0 Å². The minimum Gasteiger partial charge on any atom is -0.497 e. The summed E-state index contributed by atoms with van der Waals surface area (Å²) in [7, 11) is 1.70. The molecular formula is C23H32N2O. The van der Waals surface area contributed by atoms with Crippen molar-refractivity contribution in [2.75, 3.05) is 25.1 Å². The van der Waals surface area contributed by atoms with Gasteiger partial charge in [0.2, 0.25) is 0 Å². The van der Waals surface area contributed by atoms with Crippen LogP contribution >= 0.6 is 0 Å². The van der Waals surface area contributed by atoms with E-state index in [2.05, 4.69) is 48.2 Å². The summed E-state index contributed by atoms with van der Waals surface area (Å²) >= 11 is 0. The van der Waals surface area contributed by atoms with E-state index in [0.717, 1.165) is 43.7 Å². The molecule has 1 fully saturated rings. The highest BCUT2D eigenvalue weighted by Crippen LogP contribution is 2.39. The molecule has 2 N–H and O–H groups in total. The quantitative estimate of drug-likeness (QED) is 0.755. The van der Waals surface area contributed by atoms with Crippen LogP contribution in [0.25, 0.3) is 0 Å². The fourth-order valence-electron chi connectivity index (χ4n) is 4.04. The lowest BCUT2D eigenvalue weighted by molar-refractivity contribution is 0.413. The van der Waals surface area contributed by atoms with E-state index >= 15 is 0 Å². The van der Waals surface area contributed by atoms with E-state index in [9.17, 15) is 0 Å². The summed E-state index contributed by atoms with van der Waals surface area (Å²) in [4.78, 5) is 2.52. The van der Waals surface area contributed by atoms with Crippen molar-refractivity contribution in [3.05, 3.63) is 59.7 Å². The Morgan fingerprint density at radius 3 is 2.35 bits per heavy atom. The molecule has 140 valence electrons. The van der Waals surface area contributed by atoms with Gasteiger partial charge in [-0.15, -0.1) is 0 Å². The highest BCUT2D eigenvalue weighted by atomic mass is 16.5. The maximum absolute atomic E-state index is 7.16. The zero-order valence-electron chi connectivity index (χ0n) is 16.2. The van der Waals surface area contributed by atoms with Crippen LogP contribution in [0.15, 0.2) is 48.5 Å². The van der Waals surface area contributed by atoms with E-state index in [1.54, 1.807) is 7.11 Å². The van der Waals surface area contributed by atoms with Gasteiger partial charge < -0.3 is 15.4 Å². The molecule has 1 saturated heterocycles. The van der Waals surface area contributed by atoms with E-state index in [-0.39, 0.29) is 0 Å². The van der Waals surface area contributed by atoms with Crippen LogP contribution in [0, 0.1) is 0 Å². The second kappa shape index (κ2) is 8.59. The molecule has 0 aliphatic carbocycles. The molecule has 0 amide bonds. The van der Waals surface area contributed by atoms with Crippen molar-refractivity contribution >= 4 is 5.69 Å². The fraction of sp³-hybridized carbons (Fsp3) is 0.478. The SMILES string of the molecule is CCCC[C@](N)(c1ccc(OC)cc1)c1ccccc1N1CCCCC1. The lowest BCUT2D eigenvalue weighted by Gasteiger charge is -2.37. The molecule has 0 radical (unpaired) electrons. The minimum absolute atomic E-state index is 0.476. The van der Waals surface area contributed by atoms with Crippen LogP contribution in [0.1, 0.15) is 56.6 Å². The first kappa shape index (κ1) is 18.8. The standard InChI is InChI=1S/C23H32N2O/c1-3-4-16-23(24,19-12-14-20(26-2)15-13-19)21-10-6-7-11-22(21)25-17-8-5-9-18-25/h6-7,10-15H,3-5,8-9,16-18,24H2,1-2H3/t23-/m0/s1. The molecule has 2 aromatic carbocycles. The molecule has 0 saturated carbocycles. The van der Waals surface area contributed by atoms with Gasteiger partial charge >= 0.3 is 0 Å². The molecule has 3 rings (SSSR count). The van der Waals surface area contributed by atoms with E-state index in [1.807, 2.05) is 12.1 Å². The molecule has 2 aromatic rings. The molecule has 0 aromatic heterocycles. The number of nitrogens with zero attached hydrogens (tertiary/aromatic N) is 1. The number of hydrogen-bond donors (Lipinski definition) is 1. The second-order valence-corrected chi connectivity index (χ2v) is 7.37. The molecule has 1 heterocycles. The number of methoxy groups -OCH3 is 1. The van der Waals surface area contributed by atoms with Crippen molar-refractivity contribution in [3.63, 3.8) is 0 Å². The first-order chi connectivity index (χ1) is 12.7. The number of anilines is 1. The molecule has 0 unspecified atom stereocenters. The number of unbranched alkanes of at least 4 members (excludes halogenated alkanes) is 1. The van der Waals surface area contributed by atoms with Gasteiger partial charge in [0.05, 0.1) is 12.6 Å². The Morgan fingerprint density at radius 2 is 1.69 bits per heavy atom. The molecule has 0 bridgehead atoms. The van der Waals surface area contributed by atoms with Crippen LogP contribution in [0.3, 0.4) is 0 Å². The largest absolute Gasteiger partial charge is 0.497 e. The van der Waals surface area contributed by atoms with Gasteiger partial charge in [0.15, 0.2) is 0 Å². The second-order valence-electron chi connectivity index (χ2n) is 7.37. The number of nitrogens with two attached hydrogens (primary N) is 1. The Balaban J connectivity index is 2.04. The average molecular weight is 353 g/mol. The van der Waals surface area contributed by atoms with Gasteiger partial charge in [0.25, 0.3) is 0 Å². The summed E-state index contributed by atoms with van der Waals surface area (Å²) in [5.41, 5.74) is 10.4. The van der Waals surface area contributed by atoms with E-state index in [0.29, 0.717) is 0 Å². The highest BCUT2D eigenvalue weighted by molar-refractivity contribution is 5.60. The van der Waals surface area contributed by atoms with Crippen LogP contribution in [-0.2, 0) is 5.54 Å². The van der Waals surface area contributed by atoms with Gasteiger partial charge in [0, 0.05) is 18.8 Å². The lowest BCUT2D eigenvalue weighted by atomic mass is 9.78. The minimum atomic E-state index is -0.476. The fourth-order valence-corrected chi connectivity index (χ4v) is 4.04. The van der Waals surface area contributed by atoms with Crippen LogP contribution in [0.2, 0.25) is 0 Å². The van der Waals surface area contributed by atoms with Gasteiger partial charge in [-0.05, 0) is 55.0 Å². The van der Waals surface area contributed by atoms with Crippen molar-refractivity contribution in [2.45, 2.75) is 51.0 Å². The summed E-state index contributed by atoms with van der Waals surface area (Å²) in [5.74, 6) is 0.871. The smallest absolute Gasteiger partial charge is 0.118 e. The summed E-state index contributed by atoms with van der Waals surface area (Å²) in [5, 5.41) is 0. The van der Waals surface area contributed by atoms with Crippen LogP contribution in [0.4, 0.5) is 5.69 Å².